The average Bonchev–Trinajstić information content (AvgIpc) is 3.37. The van der Waals surface area contributed by atoms with Crippen molar-refractivity contribution in [3.8, 4) is 11.8 Å². The smallest absolute Gasteiger partial charge is 0.235 e. The summed E-state index contributed by atoms with van der Waals surface area (Å²) in [6.07, 6.45) is 2.92. The summed E-state index contributed by atoms with van der Waals surface area (Å²) in [4.78, 5) is 14.0. The second-order valence-corrected chi connectivity index (χ2v) is 13.0. The molecular formula is C27H32ClN5O2S2. The van der Waals surface area contributed by atoms with E-state index in [0.29, 0.717) is 27.5 Å². The van der Waals surface area contributed by atoms with Crippen LogP contribution in [0.5, 0.6) is 5.75 Å². The van der Waals surface area contributed by atoms with Crippen LogP contribution in [0.15, 0.2) is 17.3 Å². The van der Waals surface area contributed by atoms with E-state index in [1.54, 1.807) is 11.3 Å². The van der Waals surface area contributed by atoms with Crippen LogP contribution in [0.4, 0.5) is 5.00 Å². The first kappa shape index (κ1) is 27.5. The summed E-state index contributed by atoms with van der Waals surface area (Å²) in [5.74, 6) is 1.95. The molecule has 196 valence electrons. The molecule has 1 aliphatic carbocycles. The number of fused-ring (bicyclic) bond motifs is 1. The molecule has 1 atom stereocenters. The first-order valence-corrected chi connectivity index (χ1v) is 14.4. The number of thioether (sulfide) groups is 1. The number of carbonyl (C=O) groups is 1. The van der Waals surface area contributed by atoms with E-state index < -0.39 is 0 Å². The summed E-state index contributed by atoms with van der Waals surface area (Å²) in [6.45, 7) is 10.9. The van der Waals surface area contributed by atoms with Gasteiger partial charge in [0.15, 0.2) is 11.0 Å². The summed E-state index contributed by atoms with van der Waals surface area (Å²) >= 11 is 9.09. The molecule has 1 amide bonds. The van der Waals surface area contributed by atoms with Crippen molar-refractivity contribution in [2.75, 3.05) is 11.1 Å². The number of nitrogens with zero attached hydrogens (tertiary/aromatic N) is 4. The Bertz CT molecular complexity index is 1340. The minimum Gasteiger partial charge on any atom is -0.486 e. The molecular weight excluding hydrogens is 526 g/mol. The molecule has 3 aromatic rings. The van der Waals surface area contributed by atoms with E-state index in [9.17, 15) is 10.1 Å². The van der Waals surface area contributed by atoms with E-state index in [4.69, 9.17) is 16.3 Å². The van der Waals surface area contributed by atoms with Crippen LogP contribution in [0.1, 0.15) is 60.1 Å². The largest absolute Gasteiger partial charge is 0.486 e. The number of anilines is 1. The Kier molecular flexibility index (Phi) is 8.22. The first-order valence-electron chi connectivity index (χ1n) is 12.2. The van der Waals surface area contributed by atoms with Gasteiger partial charge in [0.05, 0.1) is 11.3 Å². The second-order valence-electron chi connectivity index (χ2n) is 10.6. The van der Waals surface area contributed by atoms with Crippen LogP contribution in [0.2, 0.25) is 5.02 Å². The number of benzene rings is 1. The lowest BCUT2D eigenvalue weighted by Crippen LogP contribution is -2.26. The standard InChI is InChI=1S/C27H32ClN5O2S2/c1-15-9-18(10-16(2)24(15)28)35-13-22-31-32-26(33(22)6)36-14-23(34)30-25-20(12-29)19-8-7-17(27(3,4)5)11-21(19)37-25/h9-10,17H,7-8,11,13-14H2,1-6H3,(H,30,34). The van der Waals surface area contributed by atoms with Gasteiger partial charge in [-0.2, -0.15) is 5.26 Å². The van der Waals surface area contributed by atoms with Crippen LogP contribution in [0.3, 0.4) is 0 Å². The molecule has 4 rings (SSSR count). The highest BCUT2D eigenvalue weighted by Gasteiger charge is 2.32. The molecule has 1 aromatic carbocycles. The van der Waals surface area contributed by atoms with Crippen molar-refractivity contribution in [3.05, 3.63) is 50.1 Å². The zero-order chi connectivity index (χ0) is 26.9. The van der Waals surface area contributed by atoms with Crippen LogP contribution in [-0.2, 0) is 31.3 Å². The van der Waals surface area contributed by atoms with Gasteiger partial charge in [0, 0.05) is 16.9 Å². The minimum atomic E-state index is -0.166. The molecule has 0 bridgehead atoms. The summed E-state index contributed by atoms with van der Waals surface area (Å²) < 4.78 is 7.73. The second kappa shape index (κ2) is 11.1. The predicted octanol–water partition coefficient (Wildman–Crippen LogP) is 6.48. The normalized spacial score (nSPS) is 15.2. The van der Waals surface area contributed by atoms with Crippen LogP contribution in [0, 0.1) is 36.5 Å². The monoisotopic (exact) mass is 557 g/mol. The van der Waals surface area contributed by atoms with E-state index in [-0.39, 0.29) is 23.7 Å². The van der Waals surface area contributed by atoms with Crippen LogP contribution >= 0.6 is 34.7 Å². The highest BCUT2D eigenvalue weighted by Crippen LogP contribution is 2.44. The zero-order valence-corrected chi connectivity index (χ0v) is 24.5. The maximum absolute atomic E-state index is 12.8. The number of ether oxygens (including phenoxy) is 1. The van der Waals surface area contributed by atoms with Crippen molar-refractivity contribution in [1.82, 2.24) is 14.8 Å². The first-order chi connectivity index (χ1) is 17.5. The lowest BCUT2D eigenvalue weighted by atomic mass is 9.72. The van der Waals surface area contributed by atoms with Gasteiger partial charge >= 0.3 is 0 Å². The summed E-state index contributed by atoms with van der Waals surface area (Å²) in [5, 5.41) is 23.2. The molecule has 0 spiro atoms. The predicted molar refractivity (Wildman–Crippen MR) is 150 cm³/mol. The topological polar surface area (TPSA) is 92.8 Å². The summed E-state index contributed by atoms with van der Waals surface area (Å²) in [5.41, 5.74) is 3.87. The Morgan fingerprint density at radius 2 is 2.03 bits per heavy atom. The van der Waals surface area contributed by atoms with Gasteiger partial charge in [0.25, 0.3) is 0 Å². The number of nitrogens with one attached hydrogen (secondary N) is 1. The maximum atomic E-state index is 12.8. The molecule has 0 radical (unpaired) electrons. The van der Waals surface area contributed by atoms with E-state index in [1.807, 2.05) is 37.6 Å². The fraction of sp³-hybridized carbons (Fsp3) is 0.481. The van der Waals surface area contributed by atoms with Gasteiger partial charge in [0.2, 0.25) is 5.91 Å². The number of aryl methyl sites for hydroxylation is 2. The number of hydrogen-bond donors (Lipinski definition) is 1. The molecule has 1 unspecified atom stereocenters. The van der Waals surface area contributed by atoms with E-state index in [0.717, 1.165) is 46.7 Å². The number of thiophene rings is 1. The molecule has 0 saturated carbocycles. The minimum absolute atomic E-state index is 0.166. The molecule has 1 aliphatic rings. The fourth-order valence-electron chi connectivity index (χ4n) is 4.56. The lowest BCUT2D eigenvalue weighted by Gasteiger charge is -2.33. The zero-order valence-electron chi connectivity index (χ0n) is 22.1. The van der Waals surface area contributed by atoms with Crippen LogP contribution in [-0.4, -0.2) is 26.4 Å². The maximum Gasteiger partial charge on any atom is 0.235 e. The summed E-state index contributed by atoms with van der Waals surface area (Å²) in [7, 11) is 1.85. The highest BCUT2D eigenvalue weighted by atomic mass is 35.5. The van der Waals surface area contributed by atoms with Gasteiger partial charge in [0.1, 0.15) is 23.4 Å². The third-order valence-corrected chi connectivity index (χ3v) is 9.68. The van der Waals surface area contributed by atoms with E-state index in [2.05, 4.69) is 42.4 Å². The number of rotatable bonds is 7. The van der Waals surface area contributed by atoms with Gasteiger partial charge in [-0.05, 0) is 73.3 Å². The molecule has 37 heavy (non-hydrogen) atoms. The van der Waals surface area contributed by atoms with Crippen molar-refractivity contribution < 1.29 is 9.53 Å². The Hall–Kier alpha value is -2.54. The van der Waals surface area contributed by atoms with Crippen molar-refractivity contribution in [3.63, 3.8) is 0 Å². The molecule has 10 heteroatoms. The molecule has 7 nitrogen and oxygen atoms in total. The van der Waals surface area contributed by atoms with Crippen molar-refractivity contribution >= 4 is 45.6 Å². The van der Waals surface area contributed by atoms with Gasteiger partial charge in [-0.1, -0.05) is 44.1 Å². The van der Waals surface area contributed by atoms with Gasteiger partial charge in [-0.25, -0.2) is 0 Å². The van der Waals surface area contributed by atoms with Crippen LogP contribution in [0.25, 0.3) is 0 Å². The molecule has 0 saturated heterocycles. The average molecular weight is 558 g/mol. The number of amides is 1. The van der Waals surface area contributed by atoms with Gasteiger partial charge in [-0.15, -0.1) is 21.5 Å². The van der Waals surface area contributed by atoms with Gasteiger partial charge in [-0.3, -0.25) is 4.79 Å². The number of halogens is 1. The van der Waals surface area contributed by atoms with Crippen molar-refractivity contribution in [1.29, 1.82) is 5.26 Å². The Labute approximate surface area is 231 Å². The number of carbonyl (C=O) groups excluding carboxylic acids is 1. The number of hydrogen-bond acceptors (Lipinski definition) is 7. The quantitative estimate of drug-likeness (QED) is 0.334. The summed E-state index contributed by atoms with van der Waals surface area (Å²) in [6, 6.07) is 6.12. The fourth-order valence-corrected chi connectivity index (χ4v) is 6.69. The van der Waals surface area contributed by atoms with Gasteiger partial charge < -0.3 is 14.6 Å². The molecule has 1 N–H and O–H groups in total. The molecule has 0 fully saturated rings. The van der Waals surface area contributed by atoms with Crippen molar-refractivity contribution in [2.24, 2.45) is 18.4 Å². The number of nitriles is 1. The molecule has 2 heterocycles. The lowest BCUT2D eigenvalue weighted by molar-refractivity contribution is -0.113. The third kappa shape index (κ3) is 6.14. The molecule has 0 aliphatic heterocycles. The van der Waals surface area contributed by atoms with E-state index >= 15 is 0 Å². The Morgan fingerprint density at radius 3 is 2.68 bits per heavy atom. The van der Waals surface area contributed by atoms with Crippen LogP contribution < -0.4 is 10.1 Å². The Balaban J connectivity index is 1.36. The highest BCUT2D eigenvalue weighted by molar-refractivity contribution is 7.99. The molecule has 2 aromatic heterocycles. The SMILES string of the molecule is Cc1cc(OCc2nnc(SCC(=O)Nc3sc4c(c3C#N)CCC(C(C)(C)C)C4)n2C)cc(C)c1Cl. The third-order valence-electron chi connectivity index (χ3n) is 6.89. The van der Waals surface area contributed by atoms with Crippen molar-refractivity contribution in [2.45, 2.75) is 65.6 Å². The number of aromatic nitrogens is 3. The van der Waals surface area contributed by atoms with E-state index in [1.165, 1.54) is 16.6 Å². The Morgan fingerprint density at radius 1 is 1.32 bits per heavy atom.